The third-order valence-electron chi connectivity index (χ3n) is 4.96. The number of aromatic nitrogens is 2. The van der Waals surface area contributed by atoms with E-state index in [1.54, 1.807) is 0 Å². The maximum atomic E-state index is 13.5. The molecule has 1 fully saturated rings. The molecule has 2 N–H and O–H groups in total. The molecule has 7 heteroatoms. The lowest BCUT2D eigenvalue weighted by Crippen LogP contribution is -2.37. The fraction of sp³-hybridized carbons (Fsp3) is 0.444. The van der Waals surface area contributed by atoms with Crippen LogP contribution in [0.2, 0.25) is 0 Å². The molecular formula is C18H20F2N4O. The van der Waals surface area contributed by atoms with Crippen molar-refractivity contribution in [3.63, 3.8) is 0 Å². The minimum absolute atomic E-state index is 0.0193. The van der Waals surface area contributed by atoms with Gasteiger partial charge in [-0.05, 0) is 44.2 Å². The molecule has 5 nitrogen and oxygen atoms in total. The molecule has 2 atom stereocenters. The molecule has 0 unspecified atom stereocenters. The minimum atomic E-state index is -2.50. The van der Waals surface area contributed by atoms with Gasteiger partial charge in [-0.2, -0.15) is 5.10 Å². The summed E-state index contributed by atoms with van der Waals surface area (Å²) in [6.07, 6.45) is 1.31. The van der Waals surface area contributed by atoms with Crippen LogP contribution in [0.1, 0.15) is 41.2 Å². The maximum Gasteiger partial charge on any atom is 0.261 e. The molecule has 2 aliphatic rings. The van der Waals surface area contributed by atoms with Gasteiger partial charge in [0.2, 0.25) is 0 Å². The lowest BCUT2D eigenvalue weighted by Gasteiger charge is -2.32. The molecule has 0 spiro atoms. The number of rotatable bonds is 4. The molecule has 1 saturated carbocycles. The first-order chi connectivity index (χ1) is 12.0. The van der Waals surface area contributed by atoms with E-state index >= 15 is 0 Å². The van der Waals surface area contributed by atoms with Gasteiger partial charge in [-0.3, -0.25) is 4.79 Å². The second-order valence-corrected chi connectivity index (χ2v) is 6.90. The van der Waals surface area contributed by atoms with Crippen molar-refractivity contribution in [2.24, 2.45) is 5.92 Å². The summed E-state index contributed by atoms with van der Waals surface area (Å²) in [5.41, 5.74) is 2.06. The van der Waals surface area contributed by atoms with Crippen molar-refractivity contribution in [2.75, 3.05) is 10.6 Å². The summed E-state index contributed by atoms with van der Waals surface area (Å²) in [6.45, 7) is 1.96. The number of aryl methyl sites for hydroxylation is 1. The van der Waals surface area contributed by atoms with Crippen LogP contribution >= 0.6 is 0 Å². The van der Waals surface area contributed by atoms with E-state index in [4.69, 9.17) is 0 Å². The molecule has 0 radical (unpaired) electrons. The standard InChI is InChI=1S/C18H20F2N4O/c1-10-2-6-12(7-3-10)22-18(25)13-9-21-24-15(16(19)20)8-14(11-4-5-11)23-17(13)24/h2-3,6-7,9,11,14-16,23H,4-5,8H2,1H3,(H,22,25)/t14-,15+/m1/s1. The number of halogens is 2. The molecule has 0 bridgehead atoms. The highest BCUT2D eigenvalue weighted by Crippen LogP contribution is 2.42. The van der Waals surface area contributed by atoms with Crippen molar-refractivity contribution in [3.05, 3.63) is 41.6 Å². The smallest absolute Gasteiger partial charge is 0.261 e. The van der Waals surface area contributed by atoms with Crippen molar-refractivity contribution >= 4 is 17.4 Å². The van der Waals surface area contributed by atoms with E-state index in [9.17, 15) is 13.6 Å². The largest absolute Gasteiger partial charge is 0.367 e. The van der Waals surface area contributed by atoms with Crippen molar-refractivity contribution in [3.8, 4) is 0 Å². The molecule has 1 aliphatic heterocycles. The molecule has 4 rings (SSSR count). The van der Waals surface area contributed by atoms with Crippen molar-refractivity contribution in [1.82, 2.24) is 9.78 Å². The highest BCUT2D eigenvalue weighted by Gasteiger charge is 2.41. The van der Waals surface area contributed by atoms with Crippen LogP contribution in [0, 0.1) is 12.8 Å². The molecule has 1 aromatic carbocycles. The van der Waals surface area contributed by atoms with Gasteiger partial charge >= 0.3 is 0 Å². The summed E-state index contributed by atoms with van der Waals surface area (Å²) in [5.74, 6) is 0.470. The molecule has 25 heavy (non-hydrogen) atoms. The molecule has 2 heterocycles. The number of carbonyl (C=O) groups excluding carboxylic acids is 1. The van der Waals surface area contributed by atoms with E-state index in [0.29, 0.717) is 29.4 Å². The Bertz CT molecular complexity index is 783. The summed E-state index contributed by atoms with van der Waals surface area (Å²) >= 11 is 0. The van der Waals surface area contributed by atoms with Gasteiger partial charge in [-0.15, -0.1) is 0 Å². The van der Waals surface area contributed by atoms with E-state index in [1.165, 1.54) is 10.9 Å². The number of hydrogen-bond donors (Lipinski definition) is 2. The third-order valence-corrected chi connectivity index (χ3v) is 4.96. The van der Waals surface area contributed by atoms with E-state index < -0.39 is 12.5 Å². The average molecular weight is 346 g/mol. The van der Waals surface area contributed by atoms with Crippen LogP contribution in [0.15, 0.2) is 30.5 Å². The van der Waals surface area contributed by atoms with Crippen molar-refractivity contribution in [2.45, 2.75) is 44.7 Å². The molecule has 1 amide bonds. The Hall–Kier alpha value is -2.44. The average Bonchev–Trinajstić information content (AvgIpc) is 3.35. The number of nitrogens with one attached hydrogen (secondary N) is 2. The van der Waals surface area contributed by atoms with Crippen LogP contribution < -0.4 is 10.6 Å². The Morgan fingerprint density at radius 1 is 1.32 bits per heavy atom. The molecule has 132 valence electrons. The van der Waals surface area contributed by atoms with Gasteiger partial charge in [0.25, 0.3) is 12.3 Å². The molecular weight excluding hydrogens is 326 g/mol. The Balaban J connectivity index is 1.60. The van der Waals surface area contributed by atoms with Crippen LogP contribution in [-0.4, -0.2) is 28.2 Å². The first-order valence-electron chi connectivity index (χ1n) is 8.53. The second kappa shape index (κ2) is 6.13. The zero-order chi connectivity index (χ0) is 17.6. The summed E-state index contributed by atoms with van der Waals surface area (Å²) < 4.78 is 28.2. The van der Waals surface area contributed by atoms with Crippen LogP contribution in [0.5, 0.6) is 0 Å². The van der Waals surface area contributed by atoms with Gasteiger partial charge in [-0.25, -0.2) is 13.5 Å². The van der Waals surface area contributed by atoms with Gasteiger partial charge in [0, 0.05) is 11.7 Å². The molecule has 1 aromatic heterocycles. The van der Waals surface area contributed by atoms with Crippen LogP contribution in [0.25, 0.3) is 0 Å². The number of carbonyl (C=O) groups is 1. The molecule has 2 aromatic rings. The third kappa shape index (κ3) is 3.10. The quantitative estimate of drug-likeness (QED) is 0.884. The maximum absolute atomic E-state index is 13.5. The SMILES string of the molecule is Cc1ccc(NC(=O)c2cnn3c2N[C@@H](C2CC2)C[C@H]3C(F)F)cc1. The normalized spacial score (nSPS) is 22.4. The Morgan fingerprint density at radius 3 is 2.68 bits per heavy atom. The molecule has 1 aliphatic carbocycles. The van der Waals surface area contributed by atoms with Crippen LogP contribution in [0.4, 0.5) is 20.3 Å². The topological polar surface area (TPSA) is 59.0 Å². The highest BCUT2D eigenvalue weighted by atomic mass is 19.3. The van der Waals surface area contributed by atoms with E-state index in [0.717, 1.165) is 18.4 Å². The van der Waals surface area contributed by atoms with E-state index in [2.05, 4.69) is 15.7 Å². The second-order valence-electron chi connectivity index (χ2n) is 6.90. The minimum Gasteiger partial charge on any atom is -0.367 e. The van der Waals surface area contributed by atoms with Gasteiger partial charge in [0.1, 0.15) is 17.4 Å². The number of benzene rings is 1. The van der Waals surface area contributed by atoms with Gasteiger partial charge < -0.3 is 10.6 Å². The van der Waals surface area contributed by atoms with Crippen molar-refractivity contribution in [1.29, 1.82) is 0 Å². The number of fused-ring (bicyclic) bond motifs is 1. The monoisotopic (exact) mass is 346 g/mol. The lowest BCUT2D eigenvalue weighted by molar-refractivity contribution is 0.0644. The summed E-state index contributed by atoms with van der Waals surface area (Å²) in [7, 11) is 0. The van der Waals surface area contributed by atoms with Crippen LogP contribution in [0.3, 0.4) is 0 Å². The lowest BCUT2D eigenvalue weighted by atomic mass is 10.00. The van der Waals surface area contributed by atoms with Gasteiger partial charge in [0.15, 0.2) is 0 Å². The Labute approximate surface area is 144 Å². The zero-order valence-electron chi connectivity index (χ0n) is 13.9. The fourth-order valence-corrected chi connectivity index (χ4v) is 3.37. The summed E-state index contributed by atoms with van der Waals surface area (Å²) in [4.78, 5) is 12.6. The summed E-state index contributed by atoms with van der Waals surface area (Å²) in [6, 6.07) is 6.42. The predicted molar refractivity (Wildman–Crippen MR) is 91.2 cm³/mol. The highest BCUT2D eigenvalue weighted by molar-refractivity contribution is 6.07. The van der Waals surface area contributed by atoms with E-state index in [-0.39, 0.29) is 11.9 Å². The Morgan fingerprint density at radius 2 is 2.04 bits per heavy atom. The van der Waals surface area contributed by atoms with Gasteiger partial charge in [0.05, 0.1) is 6.20 Å². The number of alkyl halides is 2. The first kappa shape index (κ1) is 16.1. The summed E-state index contributed by atoms with van der Waals surface area (Å²) in [5, 5.41) is 10.1. The Kier molecular flexibility index (Phi) is 3.94. The van der Waals surface area contributed by atoms with Crippen molar-refractivity contribution < 1.29 is 13.6 Å². The number of anilines is 2. The predicted octanol–water partition coefficient (Wildman–Crippen LogP) is 3.84. The van der Waals surface area contributed by atoms with Crippen LogP contribution in [-0.2, 0) is 0 Å². The number of nitrogens with zero attached hydrogens (tertiary/aromatic N) is 2. The zero-order valence-corrected chi connectivity index (χ0v) is 13.9. The molecule has 0 saturated heterocycles. The fourth-order valence-electron chi connectivity index (χ4n) is 3.37. The van der Waals surface area contributed by atoms with E-state index in [1.807, 2.05) is 31.2 Å². The number of amides is 1. The number of hydrogen-bond acceptors (Lipinski definition) is 3. The first-order valence-corrected chi connectivity index (χ1v) is 8.53. The van der Waals surface area contributed by atoms with Gasteiger partial charge in [-0.1, -0.05) is 17.7 Å².